The maximum absolute atomic E-state index is 13.2. The average molecular weight is 307 g/mol. The average Bonchev–Trinajstić information content (AvgIpc) is 2.81. The first-order chi connectivity index (χ1) is 9.85. The molecule has 2 N–H and O–H groups in total. The lowest BCUT2D eigenvalue weighted by Crippen LogP contribution is -2.21. The fraction of sp³-hybridized carbons (Fsp3) is 0.571. The van der Waals surface area contributed by atoms with Crippen LogP contribution in [0.5, 0.6) is 0 Å². The molecule has 21 heavy (non-hydrogen) atoms. The monoisotopic (exact) mass is 307 g/mol. The molecule has 1 fully saturated rings. The van der Waals surface area contributed by atoms with E-state index in [0.717, 1.165) is 12.1 Å². The Morgan fingerprint density at radius 2 is 1.67 bits per heavy atom. The van der Waals surface area contributed by atoms with Gasteiger partial charge in [0.1, 0.15) is 5.82 Å². The lowest BCUT2D eigenvalue weighted by molar-refractivity contribution is -0.140. The Labute approximate surface area is 119 Å². The molecule has 1 aliphatic rings. The van der Waals surface area contributed by atoms with Crippen molar-refractivity contribution in [3.05, 3.63) is 35.1 Å². The highest BCUT2D eigenvalue weighted by Crippen LogP contribution is 2.32. The second kappa shape index (κ2) is 6.29. The zero-order chi connectivity index (χ0) is 15.6. The molecule has 3 nitrogen and oxygen atoms in total. The number of hydrogen-bond acceptors (Lipinski definition) is 3. The van der Waals surface area contributed by atoms with Gasteiger partial charge < -0.3 is 10.2 Å². The predicted molar refractivity (Wildman–Crippen MR) is 67.8 cm³/mol. The SMILES string of the molecule is OC[C@@H]1CN(Cc2ccc(F)c(C(F)(F)F)c2)C[C@H]1CO. The second-order valence-electron chi connectivity index (χ2n) is 5.39. The third kappa shape index (κ3) is 3.72. The van der Waals surface area contributed by atoms with Crippen LogP contribution in [0, 0.1) is 17.7 Å². The summed E-state index contributed by atoms with van der Waals surface area (Å²) >= 11 is 0. The van der Waals surface area contributed by atoms with E-state index in [4.69, 9.17) is 0 Å². The van der Waals surface area contributed by atoms with Crippen LogP contribution < -0.4 is 0 Å². The van der Waals surface area contributed by atoms with Crippen LogP contribution in [-0.2, 0) is 12.7 Å². The molecule has 0 spiro atoms. The Balaban J connectivity index is 2.11. The first-order valence-electron chi connectivity index (χ1n) is 6.64. The molecule has 0 aromatic heterocycles. The topological polar surface area (TPSA) is 43.7 Å². The fourth-order valence-corrected chi connectivity index (χ4v) is 2.72. The maximum Gasteiger partial charge on any atom is 0.419 e. The summed E-state index contributed by atoms with van der Waals surface area (Å²) in [4.78, 5) is 1.86. The molecule has 1 saturated heterocycles. The number of aliphatic hydroxyl groups is 2. The summed E-state index contributed by atoms with van der Waals surface area (Å²) in [5, 5.41) is 18.4. The molecule has 1 heterocycles. The van der Waals surface area contributed by atoms with Crippen molar-refractivity contribution < 1.29 is 27.8 Å². The van der Waals surface area contributed by atoms with Crippen molar-refractivity contribution in [2.24, 2.45) is 11.8 Å². The Bertz CT molecular complexity index is 480. The molecule has 0 aliphatic carbocycles. The number of rotatable bonds is 4. The molecule has 0 amide bonds. The number of nitrogens with zero attached hydrogens (tertiary/aromatic N) is 1. The van der Waals surface area contributed by atoms with Gasteiger partial charge in [-0.25, -0.2) is 4.39 Å². The van der Waals surface area contributed by atoms with Crippen LogP contribution in [0.2, 0.25) is 0 Å². The number of alkyl halides is 3. The summed E-state index contributed by atoms with van der Waals surface area (Å²) in [6.45, 7) is 1.09. The van der Waals surface area contributed by atoms with E-state index in [0.29, 0.717) is 18.7 Å². The Morgan fingerprint density at radius 1 is 1.10 bits per heavy atom. The van der Waals surface area contributed by atoms with Crippen molar-refractivity contribution in [2.75, 3.05) is 26.3 Å². The van der Waals surface area contributed by atoms with Gasteiger partial charge >= 0.3 is 6.18 Å². The van der Waals surface area contributed by atoms with Gasteiger partial charge in [0.05, 0.1) is 5.56 Å². The molecule has 2 atom stereocenters. The van der Waals surface area contributed by atoms with Crippen LogP contribution in [0.4, 0.5) is 17.6 Å². The third-order valence-electron chi connectivity index (χ3n) is 3.86. The van der Waals surface area contributed by atoms with Crippen molar-refractivity contribution in [2.45, 2.75) is 12.7 Å². The van der Waals surface area contributed by atoms with Gasteiger partial charge in [0, 0.05) is 44.7 Å². The number of hydrogen-bond donors (Lipinski definition) is 2. The van der Waals surface area contributed by atoms with E-state index < -0.39 is 17.6 Å². The summed E-state index contributed by atoms with van der Waals surface area (Å²) in [5.41, 5.74) is -0.907. The lowest BCUT2D eigenvalue weighted by Gasteiger charge is -2.17. The highest BCUT2D eigenvalue weighted by molar-refractivity contribution is 5.27. The summed E-state index contributed by atoms with van der Waals surface area (Å²) in [5.74, 6) is -1.45. The van der Waals surface area contributed by atoms with E-state index in [-0.39, 0.29) is 31.6 Å². The van der Waals surface area contributed by atoms with Gasteiger partial charge in [-0.05, 0) is 17.7 Å². The van der Waals surface area contributed by atoms with E-state index in [1.807, 2.05) is 4.90 Å². The zero-order valence-electron chi connectivity index (χ0n) is 11.3. The molecular weight excluding hydrogens is 290 g/mol. The van der Waals surface area contributed by atoms with Gasteiger partial charge in [-0.3, -0.25) is 4.90 Å². The normalized spacial score (nSPS) is 23.7. The first-order valence-corrected chi connectivity index (χ1v) is 6.64. The predicted octanol–water partition coefficient (Wildman–Crippen LogP) is 1.88. The van der Waals surface area contributed by atoms with Gasteiger partial charge in [0.15, 0.2) is 0 Å². The van der Waals surface area contributed by atoms with Gasteiger partial charge in [0.2, 0.25) is 0 Å². The number of likely N-dealkylation sites (tertiary alicyclic amines) is 1. The number of benzene rings is 1. The minimum Gasteiger partial charge on any atom is -0.396 e. The summed E-state index contributed by atoms with van der Waals surface area (Å²) < 4.78 is 51.2. The number of aliphatic hydroxyl groups excluding tert-OH is 2. The van der Waals surface area contributed by atoms with Crippen molar-refractivity contribution in [3.8, 4) is 0 Å². The molecule has 0 bridgehead atoms. The van der Waals surface area contributed by atoms with E-state index in [2.05, 4.69) is 0 Å². The second-order valence-corrected chi connectivity index (χ2v) is 5.39. The molecule has 1 aromatic rings. The van der Waals surface area contributed by atoms with Crippen molar-refractivity contribution in [3.63, 3.8) is 0 Å². The standard InChI is InChI=1S/C14H17F4NO2/c15-13-2-1-9(3-12(13)14(16,17)18)4-19-5-10(7-20)11(6-19)8-21/h1-3,10-11,20-21H,4-8H2/t10-,11-/m0/s1. The summed E-state index contributed by atoms with van der Waals surface area (Å²) in [6, 6.07) is 2.96. The molecule has 0 saturated carbocycles. The highest BCUT2D eigenvalue weighted by Gasteiger charge is 2.35. The number of halogens is 4. The van der Waals surface area contributed by atoms with Gasteiger partial charge in [-0.1, -0.05) is 6.07 Å². The van der Waals surface area contributed by atoms with Crippen LogP contribution in [-0.4, -0.2) is 41.4 Å². The fourth-order valence-electron chi connectivity index (χ4n) is 2.72. The van der Waals surface area contributed by atoms with Crippen molar-refractivity contribution >= 4 is 0 Å². The molecule has 0 unspecified atom stereocenters. The van der Waals surface area contributed by atoms with Gasteiger partial charge in [0.25, 0.3) is 0 Å². The third-order valence-corrected chi connectivity index (χ3v) is 3.86. The molecule has 0 radical (unpaired) electrons. The minimum absolute atomic E-state index is 0.0705. The Morgan fingerprint density at radius 3 is 2.14 bits per heavy atom. The highest BCUT2D eigenvalue weighted by atomic mass is 19.4. The van der Waals surface area contributed by atoms with Crippen LogP contribution in [0.15, 0.2) is 18.2 Å². The quantitative estimate of drug-likeness (QED) is 0.835. The lowest BCUT2D eigenvalue weighted by atomic mass is 9.98. The first kappa shape index (κ1) is 16.2. The summed E-state index contributed by atoms with van der Waals surface area (Å²) in [7, 11) is 0. The molecule has 118 valence electrons. The minimum atomic E-state index is -4.72. The molecule has 7 heteroatoms. The van der Waals surface area contributed by atoms with Crippen molar-refractivity contribution in [1.29, 1.82) is 0 Å². The smallest absolute Gasteiger partial charge is 0.396 e. The van der Waals surface area contributed by atoms with Gasteiger partial charge in [-0.15, -0.1) is 0 Å². The Hall–Kier alpha value is -1.18. The molecular formula is C14H17F4NO2. The van der Waals surface area contributed by atoms with E-state index in [1.54, 1.807) is 0 Å². The van der Waals surface area contributed by atoms with Crippen LogP contribution in [0.1, 0.15) is 11.1 Å². The van der Waals surface area contributed by atoms with E-state index in [9.17, 15) is 27.8 Å². The summed E-state index contributed by atoms with van der Waals surface area (Å²) in [6.07, 6.45) is -4.72. The largest absolute Gasteiger partial charge is 0.419 e. The van der Waals surface area contributed by atoms with E-state index in [1.165, 1.54) is 6.07 Å². The van der Waals surface area contributed by atoms with E-state index >= 15 is 0 Å². The zero-order valence-corrected chi connectivity index (χ0v) is 11.3. The van der Waals surface area contributed by atoms with Crippen LogP contribution >= 0.6 is 0 Å². The van der Waals surface area contributed by atoms with Crippen molar-refractivity contribution in [1.82, 2.24) is 4.90 Å². The Kier molecular flexibility index (Phi) is 4.85. The van der Waals surface area contributed by atoms with Gasteiger partial charge in [-0.2, -0.15) is 13.2 Å². The van der Waals surface area contributed by atoms with Crippen LogP contribution in [0.25, 0.3) is 0 Å². The molecule has 2 rings (SSSR count). The molecule has 1 aliphatic heterocycles. The maximum atomic E-state index is 13.2. The van der Waals surface area contributed by atoms with Crippen LogP contribution in [0.3, 0.4) is 0 Å². The molecule has 1 aromatic carbocycles.